The van der Waals surface area contributed by atoms with Gasteiger partial charge in [0.25, 0.3) is 0 Å². The fourth-order valence-electron chi connectivity index (χ4n) is 2.08. The molecule has 2 aromatic carbocycles. The lowest BCUT2D eigenvalue weighted by Crippen LogP contribution is -1.85. The molecule has 0 saturated heterocycles. The highest BCUT2D eigenvalue weighted by Crippen LogP contribution is 2.35. The molecule has 0 aliphatic heterocycles. The minimum atomic E-state index is -0.265. The minimum Gasteiger partial charge on any atom is -0.236 e. The van der Waals surface area contributed by atoms with E-state index in [1.54, 1.807) is 6.07 Å². The minimum absolute atomic E-state index is 0.265. The number of halogens is 3. The Balaban J connectivity index is 2.09. The van der Waals surface area contributed by atoms with E-state index in [2.05, 4.69) is 36.8 Å². The summed E-state index contributed by atoms with van der Waals surface area (Å²) < 4.78 is 15.8. The van der Waals surface area contributed by atoms with E-state index in [0.717, 1.165) is 25.1 Å². The smallest absolute Gasteiger partial charge is 0.134 e. The molecule has 1 aromatic heterocycles. The van der Waals surface area contributed by atoms with Gasteiger partial charge in [-0.3, -0.25) is 0 Å². The molecule has 0 aliphatic carbocycles. The van der Waals surface area contributed by atoms with Gasteiger partial charge in [0.2, 0.25) is 0 Å². The normalized spacial score (nSPS) is 10.9. The van der Waals surface area contributed by atoms with Crippen LogP contribution >= 0.6 is 43.2 Å². The van der Waals surface area contributed by atoms with Crippen molar-refractivity contribution in [3.63, 3.8) is 0 Å². The first-order valence-corrected chi connectivity index (χ1v) is 8.63. The van der Waals surface area contributed by atoms with Crippen molar-refractivity contribution < 1.29 is 4.39 Å². The second kappa shape index (κ2) is 5.99. The summed E-state index contributed by atoms with van der Waals surface area (Å²) in [6.07, 6.45) is 0. The number of thiazole rings is 1. The van der Waals surface area contributed by atoms with E-state index in [0.29, 0.717) is 10.6 Å². The maximum absolute atomic E-state index is 14.1. The third-order valence-electron chi connectivity index (χ3n) is 3.06. The van der Waals surface area contributed by atoms with Gasteiger partial charge in [0, 0.05) is 24.9 Å². The number of aromatic nitrogens is 1. The Morgan fingerprint density at radius 3 is 2.52 bits per heavy atom. The molecule has 0 fully saturated rings. The molecule has 21 heavy (non-hydrogen) atoms. The van der Waals surface area contributed by atoms with Crippen LogP contribution in [0.3, 0.4) is 0 Å². The molecule has 1 nitrogen and oxygen atoms in total. The molecular weight excluding hydrogens is 417 g/mol. The zero-order valence-corrected chi connectivity index (χ0v) is 15.0. The SMILES string of the molecule is Cc1sc(-c2ccc(Br)cc2F)nc1-c1cccc(Br)c1. The number of nitrogens with zero attached hydrogens (tertiary/aromatic N) is 1. The van der Waals surface area contributed by atoms with Crippen LogP contribution < -0.4 is 0 Å². The zero-order chi connectivity index (χ0) is 15.0. The van der Waals surface area contributed by atoms with E-state index in [1.165, 1.54) is 17.4 Å². The predicted octanol–water partition coefficient (Wildman–Crippen LogP) is 6.45. The van der Waals surface area contributed by atoms with Gasteiger partial charge in [0.05, 0.1) is 5.69 Å². The lowest BCUT2D eigenvalue weighted by molar-refractivity contribution is 0.630. The first-order chi connectivity index (χ1) is 10.0. The van der Waals surface area contributed by atoms with Gasteiger partial charge in [-0.05, 0) is 37.3 Å². The average molecular weight is 427 g/mol. The van der Waals surface area contributed by atoms with Gasteiger partial charge >= 0.3 is 0 Å². The third kappa shape index (κ3) is 3.10. The van der Waals surface area contributed by atoms with Gasteiger partial charge in [0.15, 0.2) is 0 Å². The van der Waals surface area contributed by atoms with Crippen LogP contribution in [-0.4, -0.2) is 4.98 Å². The Labute approximate surface area is 143 Å². The molecule has 0 N–H and O–H groups in total. The van der Waals surface area contributed by atoms with Crippen molar-refractivity contribution in [3.05, 3.63) is 62.1 Å². The van der Waals surface area contributed by atoms with Crippen LogP contribution in [0.15, 0.2) is 51.4 Å². The van der Waals surface area contributed by atoms with Crippen LogP contribution in [0, 0.1) is 12.7 Å². The number of hydrogen-bond donors (Lipinski definition) is 0. The summed E-state index contributed by atoms with van der Waals surface area (Å²) in [7, 11) is 0. The van der Waals surface area contributed by atoms with Crippen molar-refractivity contribution in [2.45, 2.75) is 6.92 Å². The largest absolute Gasteiger partial charge is 0.236 e. The summed E-state index contributed by atoms with van der Waals surface area (Å²) in [6, 6.07) is 13.0. The second-order valence-corrected chi connectivity index (χ2v) is 7.59. The van der Waals surface area contributed by atoms with E-state index >= 15 is 0 Å². The van der Waals surface area contributed by atoms with Crippen LogP contribution in [0.4, 0.5) is 4.39 Å². The number of rotatable bonds is 2. The highest BCUT2D eigenvalue weighted by molar-refractivity contribution is 9.10. The summed E-state index contributed by atoms with van der Waals surface area (Å²) in [5.74, 6) is -0.265. The molecule has 0 bridgehead atoms. The summed E-state index contributed by atoms with van der Waals surface area (Å²) in [5.41, 5.74) is 2.47. The molecule has 0 radical (unpaired) electrons. The summed E-state index contributed by atoms with van der Waals surface area (Å²) in [6.45, 7) is 2.01. The molecule has 106 valence electrons. The first-order valence-electron chi connectivity index (χ1n) is 6.23. The van der Waals surface area contributed by atoms with E-state index < -0.39 is 0 Å². The highest BCUT2D eigenvalue weighted by Gasteiger charge is 2.14. The lowest BCUT2D eigenvalue weighted by Gasteiger charge is -2.00. The molecule has 0 atom stereocenters. The fraction of sp³-hybridized carbons (Fsp3) is 0.0625. The van der Waals surface area contributed by atoms with Crippen molar-refractivity contribution in [2.24, 2.45) is 0 Å². The summed E-state index contributed by atoms with van der Waals surface area (Å²) in [5, 5.41) is 0.701. The van der Waals surface area contributed by atoms with E-state index in [4.69, 9.17) is 0 Å². The van der Waals surface area contributed by atoms with Crippen molar-refractivity contribution in [1.82, 2.24) is 4.98 Å². The van der Waals surface area contributed by atoms with Gasteiger partial charge in [-0.2, -0.15) is 0 Å². The maximum atomic E-state index is 14.1. The van der Waals surface area contributed by atoms with Gasteiger partial charge in [-0.25, -0.2) is 9.37 Å². The molecule has 0 aliphatic rings. The lowest BCUT2D eigenvalue weighted by atomic mass is 10.1. The van der Waals surface area contributed by atoms with Crippen LogP contribution in [0.2, 0.25) is 0 Å². The number of hydrogen-bond acceptors (Lipinski definition) is 2. The van der Waals surface area contributed by atoms with Gasteiger partial charge in [-0.15, -0.1) is 11.3 Å². The first kappa shape index (κ1) is 14.9. The maximum Gasteiger partial charge on any atom is 0.134 e. The van der Waals surface area contributed by atoms with Gasteiger partial charge in [0.1, 0.15) is 10.8 Å². The zero-order valence-electron chi connectivity index (χ0n) is 11.0. The summed E-state index contributed by atoms with van der Waals surface area (Å²) >= 11 is 8.24. The monoisotopic (exact) mass is 425 g/mol. The van der Waals surface area contributed by atoms with Gasteiger partial charge in [-0.1, -0.05) is 44.0 Å². The molecule has 0 saturated carbocycles. The molecule has 0 amide bonds. The Hall–Kier alpha value is -1.04. The molecule has 3 aromatic rings. The topological polar surface area (TPSA) is 12.9 Å². The van der Waals surface area contributed by atoms with Gasteiger partial charge < -0.3 is 0 Å². The highest BCUT2D eigenvalue weighted by atomic mass is 79.9. The molecule has 0 spiro atoms. The Morgan fingerprint density at radius 2 is 1.81 bits per heavy atom. The fourth-order valence-corrected chi connectivity index (χ4v) is 3.77. The van der Waals surface area contributed by atoms with Crippen molar-refractivity contribution in [1.29, 1.82) is 0 Å². The molecule has 5 heteroatoms. The van der Waals surface area contributed by atoms with Crippen molar-refractivity contribution in [2.75, 3.05) is 0 Å². The van der Waals surface area contributed by atoms with Crippen LogP contribution in [0.5, 0.6) is 0 Å². The molecule has 0 unspecified atom stereocenters. The van der Waals surface area contributed by atoms with E-state index in [1.807, 2.05) is 37.3 Å². The van der Waals surface area contributed by atoms with Crippen molar-refractivity contribution in [3.8, 4) is 21.8 Å². The Bertz CT molecular complexity index is 814. The molecular formula is C16H10Br2FNS. The van der Waals surface area contributed by atoms with Crippen molar-refractivity contribution >= 4 is 43.2 Å². The quantitative estimate of drug-likeness (QED) is 0.458. The van der Waals surface area contributed by atoms with Crippen LogP contribution in [0.1, 0.15) is 4.88 Å². The number of aryl methyl sites for hydroxylation is 1. The van der Waals surface area contributed by atoms with Crippen LogP contribution in [0.25, 0.3) is 21.8 Å². The standard InChI is InChI=1S/C16H10Br2FNS/c1-9-15(10-3-2-4-11(17)7-10)20-16(21-9)13-6-5-12(18)8-14(13)19/h2-8H,1H3. The van der Waals surface area contributed by atoms with E-state index in [9.17, 15) is 4.39 Å². The predicted molar refractivity (Wildman–Crippen MR) is 93.1 cm³/mol. The number of benzene rings is 2. The average Bonchev–Trinajstić information content (AvgIpc) is 2.80. The van der Waals surface area contributed by atoms with E-state index in [-0.39, 0.29) is 5.82 Å². The molecule has 1 heterocycles. The second-order valence-electron chi connectivity index (χ2n) is 4.56. The Kier molecular flexibility index (Phi) is 4.24. The third-order valence-corrected chi connectivity index (χ3v) is 5.05. The van der Waals surface area contributed by atoms with Crippen LogP contribution in [-0.2, 0) is 0 Å². The Morgan fingerprint density at radius 1 is 1.05 bits per heavy atom. The summed E-state index contributed by atoms with van der Waals surface area (Å²) in [4.78, 5) is 5.70. The molecule has 3 rings (SSSR count).